The normalized spacial score (nSPS) is 11.5. The van der Waals surface area contributed by atoms with Crippen molar-refractivity contribution in [2.45, 2.75) is 19.4 Å². The van der Waals surface area contributed by atoms with Crippen molar-refractivity contribution in [3.8, 4) is 0 Å². The highest BCUT2D eigenvalue weighted by molar-refractivity contribution is 7.10. The molecule has 0 fully saturated rings. The monoisotopic (exact) mass is 225 g/mol. The second-order valence-electron chi connectivity index (χ2n) is 2.86. The Morgan fingerprint density at radius 1 is 1.80 bits per heavy atom. The minimum absolute atomic E-state index is 0.298. The van der Waals surface area contributed by atoms with Crippen LogP contribution in [0.5, 0.6) is 0 Å². The Labute approximate surface area is 91.3 Å². The molecule has 80 valence electrons. The molecule has 0 saturated carbocycles. The molecule has 0 N–H and O–H groups in total. The summed E-state index contributed by atoms with van der Waals surface area (Å²) in [5, 5.41) is 5.34. The van der Waals surface area contributed by atoms with E-state index >= 15 is 0 Å². The molecule has 0 unspecified atom stereocenters. The lowest BCUT2D eigenvalue weighted by Crippen LogP contribution is -2.08. The van der Waals surface area contributed by atoms with Crippen LogP contribution >= 0.6 is 11.3 Å². The largest absolute Gasteiger partial charge is 0.457 e. The van der Waals surface area contributed by atoms with Gasteiger partial charge in [-0.25, -0.2) is 0 Å². The number of azide groups is 1. The molecule has 0 amide bonds. The first-order valence-corrected chi connectivity index (χ1v) is 5.33. The van der Waals surface area contributed by atoms with Gasteiger partial charge in [-0.1, -0.05) is 11.2 Å². The van der Waals surface area contributed by atoms with Gasteiger partial charge in [0.15, 0.2) is 0 Å². The van der Waals surface area contributed by atoms with E-state index in [1.54, 1.807) is 0 Å². The van der Waals surface area contributed by atoms with E-state index in [9.17, 15) is 4.79 Å². The van der Waals surface area contributed by atoms with E-state index < -0.39 is 0 Å². The number of nitrogens with zero attached hydrogens (tertiary/aromatic N) is 3. The standard InChI is InChI=1S/C9H11N3O2S/c1-7(13)14-8(4-5-11-12-10)9-3-2-6-15-9/h2-3,6,8H,4-5H2,1H3/t8-/m1/s1. The third-order valence-electron chi connectivity index (χ3n) is 1.72. The summed E-state index contributed by atoms with van der Waals surface area (Å²) in [5.41, 5.74) is 8.14. The summed E-state index contributed by atoms with van der Waals surface area (Å²) < 4.78 is 5.13. The first-order chi connectivity index (χ1) is 7.24. The van der Waals surface area contributed by atoms with Crippen LogP contribution in [0.3, 0.4) is 0 Å². The fourth-order valence-electron chi connectivity index (χ4n) is 1.15. The highest BCUT2D eigenvalue weighted by Gasteiger charge is 2.14. The lowest BCUT2D eigenvalue weighted by molar-refractivity contribution is -0.146. The number of hydrogen-bond donors (Lipinski definition) is 0. The molecule has 0 saturated heterocycles. The summed E-state index contributed by atoms with van der Waals surface area (Å²) in [4.78, 5) is 14.5. The molecule has 1 atom stereocenters. The fourth-order valence-corrected chi connectivity index (χ4v) is 1.94. The molecule has 0 aliphatic heterocycles. The van der Waals surface area contributed by atoms with Crippen LogP contribution in [0.25, 0.3) is 10.4 Å². The molecule has 1 aromatic rings. The molecule has 15 heavy (non-hydrogen) atoms. The van der Waals surface area contributed by atoms with Gasteiger partial charge < -0.3 is 4.74 Å². The number of carbonyl (C=O) groups is 1. The molecular weight excluding hydrogens is 214 g/mol. The summed E-state index contributed by atoms with van der Waals surface area (Å²) in [6.07, 6.45) is 0.220. The number of thiophene rings is 1. The molecule has 1 aromatic heterocycles. The van der Waals surface area contributed by atoms with Crippen LogP contribution in [0, 0.1) is 0 Å². The van der Waals surface area contributed by atoms with Gasteiger partial charge >= 0.3 is 5.97 Å². The van der Waals surface area contributed by atoms with Crippen LogP contribution in [0.4, 0.5) is 0 Å². The van der Waals surface area contributed by atoms with Crippen molar-refractivity contribution in [2.24, 2.45) is 5.11 Å². The van der Waals surface area contributed by atoms with Crippen LogP contribution in [-0.2, 0) is 9.53 Å². The average molecular weight is 225 g/mol. The van der Waals surface area contributed by atoms with E-state index in [4.69, 9.17) is 10.3 Å². The lowest BCUT2D eigenvalue weighted by Gasteiger charge is -2.13. The molecule has 0 aliphatic rings. The summed E-state index contributed by atoms with van der Waals surface area (Å²) >= 11 is 1.52. The zero-order valence-electron chi connectivity index (χ0n) is 8.29. The van der Waals surface area contributed by atoms with E-state index in [-0.39, 0.29) is 12.1 Å². The third kappa shape index (κ3) is 4.01. The topological polar surface area (TPSA) is 75.1 Å². The van der Waals surface area contributed by atoms with E-state index in [0.717, 1.165) is 4.88 Å². The van der Waals surface area contributed by atoms with Gasteiger partial charge in [0.25, 0.3) is 0 Å². The van der Waals surface area contributed by atoms with E-state index in [1.807, 2.05) is 17.5 Å². The van der Waals surface area contributed by atoms with Crippen molar-refractivity contribution >= 4 is 17.3 Å². The average Bonchev–Trinajstić information content (AvgIpc) is 2.68. The number of hydrogen-bond acceptors (Lipinski definition) is 4. The molecule has 0 spiro atoms. The zero-order valence-corrected chi connectivity index (χ0v) is 9.11. The number of rotatable bonds is 5. The van der Waals surface area contributed by atoms with Crippen molar-refractivity contribution in [1.82, 2.24) is 0 Å². The summed E-state index contributed by atoms with van der Waals surface area (Å²) in [6, 6.07) is 3.79. The quantitative estimate of drug-likeness (QED) is 0.334. The Morgan fingerprint density at radius 2 is 2.60 bits per heavy atom. The Kier molecular flexibility index (Phi) is 4.66. The predicted molar refractivity (Wildman–Crippen MR) is 57.5 cm³/mol. The summed E-state index contributed by atoms with van der Waals surface area (Å²) in [7, 11) is 0. The van der Waals surface area contributed by atoms with Gasteiger partial charge in [-0.3, -0.25) is 4.79 Å². The lowest BCUT2D eigenvalue weighted by atomic mass is 10.2. The van der Waals surface area contributed by atoms with Gasteiger partial charge in [0.1, 0.15) is 6.10 Å². The molecule has 6 heteroatoms. The molecule has 0 aliphatic carbocycles. The minimum Gasteiger partial charge on any atom is -0.457 e. The second kappa shape index (κ2) is 6.06. The first kappa shape index (κ1) is 11.6. The number of esters is 1. The molecule has 0 aromatic carbocycles. The van der Waals surface area contributed by atoms with Crippen LogP contribution in [0.15, 0.2) is 22.6 Å². The van der Waals surface area contributed by atoms with E-state index in [0.29, 0.717) is 13.0 Å². The maximum absolute atomic E-state index is 10.9. The van der Waals surface area contributed by atoms with E-state index in [1.165, 1.54) is 18.3 Å². The van der Waals surface area contributed by atoms with Crippen molar-refractivity contribution in [1.29, 1.82) is 0 Å². The van der Waals surface area contributed by atoms with Gasteiger partial charge in [0, 0.05) is 23.3 Å². The smallest absolute Gasteiger partial charge is 0.303 e. The molecule has 5 nitrogen and oxygen atoms in total. The molecule has 1 rings (SSSR count). The zero-order chi connectivity index (χ0) is 11.1. The van der Waals surface area contributed by atoms with Gasteiger partial charge in [0.2, 0.25) is 0 Å². The Morgan fingerprint density at radius 3 is 3.13 bits per heavy atom. The first-order valence-electron chi connectivity index (χ1n) is 4.45. The second-order valence-corrected chi connectivity index (χ2v) is 3.84. The SMILES string of the molecule is CC(=O)O[C@H](CCN=[N+]=[N-])c1cccs1. The minimum atomic E-state index is -0.325. The molecule has 0 bridgehead atoms. The fraction of sp³-hybridized carbons (Fsp3) is 0.444. The maximum Gasteiger partial charge on any atom is 0.303 e. The predicted octanol–water partition coefficient (Wildman–Crippen LogP) is 3.05. The highest BCUT2D eigenvalue weighted by atomic mass is 32.1. The van der Waals surface area contributed by atoms with Crippen LogP contribution < -0.4 is 0 Å². The van der Waals surface area contributed by atoms with Crippen molar-refractivity contribution in [2.75, 3.05) is 6.54 Å². The van der Waals surface area contributed by atoms with Gasteiger partial charge in [-0.15, -0.1) is 11.3 Å². The van der Waals surface area contributed by atoms with Crippen molar-refractivity contribution in [3.63, 3.8) is 0 Å². The van der Waals surface area contributed by atoms with E-state index in [2.05, 4.69) is 10.0 Å². The maximum atomic E-state index is 10.9. The Bertz CT molecular complexity index is 357. The Balaban J connectivity index is 2.61. The molecular formula is C9H11N3O2S. The molecule has 0 radical (unpaired) electrons. The van der Waals surface area contributed by atoms with Crippen molar-refractivity contribution < 1.29 is 9.53 Å². The summed E-state index contributed by atoms with van der Waals surface area (Å²) in [6.45, 7) is 1.69. The van der Waals surface area contributed by atoms with Crippen molar-refractivity contribution in [3.05, 3.63) is 32.8 Å². The summed E-state index contributed by atoms with van der Waals surface area (Å²) in [5.74, 6) is -0.325. The third-order valence-corrected chi connectivity index (χ3v) is 2.69. The molecule has 1 heterocycles. The number of ether oxygens (including phenoxy) is 1. The van der Waals surface area contributed by atoms with Gasteiger partial charge in [-0.05, 0) is 23.4 Å². The Hall–Kier alpha value is -1.52. The van der Waals surface area contributed by atoms with Gasteiger partial charge in [0.05, 0.1) is 0 Å². The van der Waals surface area contributed by atoms with Crippen LogP contribution in [0.1, 0.15) is 24.3 Å². The highest BCUT2D eigenvalue weighted by Crippen LogP contribution is 2.25. The van der Waals surface area contributed by atoms with Crippen LogP contribution in [0.2, 0.25) is 0 Å². The van der Waals surface area contributed by atoms with Crippen LogP contribution in [-0.4, -0.2) is 12.5 Å². The van der Waals surface area contributed by atoms with Gasteiger partial charge in [-0.2, -0.15) is 0 Å². The number of carbonyl (C=O) groups excluding carboxylic acids is 1.